The standard InChI is InChI=1S/C22H22FN3O/c1-14(27)26(17-7-8-17)18-9-10-20-19(12-18)22(25(2)3)13-21(24-20)15-5-4-6-16(23)11-15/h4-6,9-13,17H,7-8H2,1-3H3. The van der Waals surface area contributed by atoms with Crippen LogP contribution in [0.2, 0.25) is 0 Å². The van der Waals surface area contributed by atoms with E-state index in [0.717, 1.165) is 46.4 Å². The van der Waals surface area contributed by atoms with Crippen LogP contribution < -0.4 is 9.80 Å². The number of amides is 1. The summed E-state index contributed by atoms with van der Waals surface area (Å²) in [6.45, 7) is 1.61. The Labute approximate surface area is 158 Å². The lowest BCUT2D eigenvalue weighted by Crippen LogP contribution is -2.30. The summed E-state index contributed by atoms with van der Waals surface area (Å²) in [4.78, 5) is 20.7. The topological polar surface area (TPSA) is 36.4 Å². The van der Waals surface area contributed by atoms with Crippen LogP contribution in [0.15, 0.2) is 48.5 Å². The maximum absolute atomic E-state index is 13.6. The van der Waals surface area contributed by atoms with Gasteiger partial charge in [0.1, 0.15) is 5.82 Å². The van der Waals surface area contributed by atoms with Crippen LogP contribution in [0, 0.1) is 5.82 Å². The molecule has 1 fully saturated rings. The molecule has 3 aromatic rings. The van der Waals surface area contributed by atoms with Crippen molar-refractivity contribution in [1.29, 1.82) is 0 Å². The van der Waals surface area contributed by atoms with Crippen molar-refractivity contribution < 1.29 is 9.18 Å². The van der Waals surface area contributed by atoms with E-state index in [0.29, 0.717) is 6.04 Å². The van der Waals surface area contributed by atoms with Crippen molar-refractivity contribution in [2.24, 2.45) is 0 Å². The Balaban J connectivity index is 1.87. The van der Waals surface area contributed by atoms with E-state index in [1.165, 1.54) is 12.1 Å². The minimum atomic E-state index is -0.280. The molecule has 1 saturated carbocycles. The van der Waals surface area contributed by atoms with E-state index in [-0.39, 0.29) is 11.7 Å². The number of carbonyl (C=O) groups is 1. The summed E-state index contributed by atoms with van der Waals surface area (Å²) in [7, 11) is 3.95. The number of rotatable bonds is 4. The van der Waals surface area contributed by atoms with Gasteiger partial charge in [-0.2, -0.15) is 0 Å². The molecule has 0 unspecified atom stereocenters. The Kier molecular flexibility index (Phi) is 4.30. The van der Waals surface area contributed by atoms with Gasteiger partial charge in [-0.3, -0.25) is 4.79 Å². The third kappa shape index (κ3) is 3.37. The number of pyridine rings is 1. The zero-order valence-corrected chi connectivity index (χ0v) is 15.7. The molecule has 5 heteroatoms. The second-order valence-electron chi connectivity index (χ2n) is 7.25. The summed E-state index contributed by atoms with van der Waals surface area (Å²) in [5.41, 5.74) is 4.18. The number of fused-ring (bicyclic) bond motifs is 1. The van der Waals surface area contributed by atoms with E-state index in [1.54, 1.807) is 13.0 Å². The lowest BCUT2D eigenvalue weighted by Gasteiger charge is -2.23. The smallest absolute Gasteiger partial charge is 0.224 e. The van der Waals surface area contributed by atoms with Crippen molar-refractivity contribution in [2.45, 2.75) is 25.8 Å². The number of hydrogen-bond donors (Lipinski definition) is 0. The summed E-state index contributed by atoms with van der Waals surface area (Å²) in [5, 5.41) is 0.976. The van der Waals surface area contributed by atoms with Crippen LogP contribution >= 0.6 is 0 Å². The number of halogens is 1. The highest BCUT2D eigenvalue weighted by atomic mass is 19.1. The second kappa shape index (κ2) is 6.65. The molecular formula is C22H22FN3O. The van der Waals surface area contributed by atoms with Crippen LogP contribution in [0.4, 0.5) is 15.8 Å². The van der Waals surface area contributed by atoms with Gasteiger partial charge in [0.05, 0.1) is 11.2 Å². The maximum atomic E-state index is 13.6. The first-order valence-electron chi connectivity index (χ1n) is 9.12. The number of anilines is 2. The molecule has 4 rings (SSSR count). The normalized spacial score (nSPS) is 13.6. The van der Waals surface area contributed by atoms with Crippen LogP contribution in [-0.2, 0) is 4.79 Å². The van der Waals surface area contributed by atoms with Gasteiger partial charge in [-0.1, -0.05) is 12.1 Å². The van der Waals surface area contributed by atoms with Crippen LogP contribution in [0.1, 0.15) is 19.8 Å². The van der Waals surface area contributed by atoms with Gasteiger partial charge in [0, 0.05) is 49.4 Å². The largest absolute Gasteiger partial charge is 0.377 e. The average Bonchev–Trinajstić information content (AvgIpc) is 3.45. The fourth-order valence-electron chi connectivity index (χ4n) is 3.49. The van der Waals surface area contributed by atoms with E-state index in [4.69, 9.17) is 4.98 Å². The third-order valence-corrected chi connectivity index (χ3v) is 4.90. The van der Waals surface area contributed by atoms with Gasteiger partial charge >= 0.3 is 0 Å². The van der Waals surface area contributed by atoms with E-state index in [2.05, 4.69) is 0 Å². The number of aromatic nitrogens is 1. The fraction of sp³-hybridized carbons (Fsp3) is 0.273. The van der Waals surface area contributed by atoms with Crippen molar-refractivity contribution in [1.82, 2.24) is 4.98 Å². The van der Waals surface area contributed by atoms with Crippen molar-refractivity contribution >= 4 is 28.2 Å². The van der Waals surface area contributed by atoms with Gasteiger partial charge in [-0.05, 0) is 49.2 Å². The first-order valence-corrected chi connectivity index (χ1v) is 9.12. The highest BCUT2D eigenvalue weighted by Crippen LogP contribution is 2.36. The van der Waals surface area contributed by atoms with Crippen molar-refractivity contribution in [3.8, 4) is 11.3 Å². The van der Waals surface area contributed by atoms with Crippen LogP contribution in [-0.4, -0.2) is 31.0 Å². The van der Waals surface area contributed by atoms with Crippen LogP contribution in [0.3, 0.4) is 0 Å². The Bertz CT molecular complexity index is 1030. The lowest BCUT2D eigenvalue weighted by molar-refractivity contribution is -0.116. The fourth-order valence-corrected chi connectivity index (χ4v) is 3.49. The first-order chi connectivity index (χ1) is 12.9. The molecule has 0 radical (unpaired) electrons. The molecule has 4 nitrogen and oxygen atoms in total. The van der Waals surface area contributed by atoms with E-state index < -0.39 is 0 Å². The monoisotopic (exact) mass is 363 g/mol. The molecule has 0 N–H and O–H groups in total. The summed E-state index contributed by atoms with van der Waals surface area (Å²) < 4.78 is 13.6. The SMILES string of the molecule is CC(=O)N(c1ccc2nc(-c3cccc(F)c3)cc(N(C)C)c2c1)C1CC1. The zero-order valence-electron chi connectivity index (χ0n) is 15.7. The summed E-state index contributed by atoms with van der Waals surface area (Å²) in [6, 6.07) is 14.7. The number of carbonyl (C=O) groups excluding carboxylic acids is 1. The molecule has 1 aliphatic rings. The first kappa shape index (κ1) is 17.5. The summed E-state index contributed by atoms with van der Waals surface area (Å²) in [6.07, 6.45) is 2.10. The molecule has 138 valence electrons. The zero-order chi connectivity index (χ0) is 19.1. The van der Waals surface area contributed by atoms with E-state index >= 15 is 0 Å². The van der Waals surface area contributed by atoms with Crippen molar-refractivity contribution in [3.63, 3.8) is 0 Å². The molecule has 0 atom stereocenters. The Morgan fingerprint density at radius 1 is 1.11 bits per heavy atom. The van der Waals surface area contributed by atoms with Gasteiger partial charge in [-0.25, -0.2) is 9.37 Å². The highest BCUT2D eigenvalue weighted by molar-refractivity contribution is 6.00. The predicted molar refractivity (Wildman–Crippen MR) is 108 cm³/mol. The third-order valence-electron chi connectivity index (χ3n) is 4.90. The summed E-state index contributed by atoms with van der Waals surface area (Å²) >= 11 is 0. The molecule has 1 heterocycles. The Hall–Kier alpha value is -2.95. The maximum Gasteiger partial charge on any atom is 0.224 e. The average molecular weight is 363 g/mol. The predicted octanol–water partition coefficient (Wildman–Crippen LogP) is 4.62. The molecule has 1 amide bonds. The molecule has 1 aromatic heterocycles. The molecule has 27 heavy (non-hydrogen) atoms. The number of nitrogens with zero attached hydrogens (tertiary/aromatic N) is 3. The number of hydrogen-bond acceptors (Lipinski definition) is 3. The molecule has 0 saturated heterocycles. The molecule has 0 bridgehead atoms. The minimum Gasteiger partial charge on any atom is -0.377 e. The molecule has 1 aliphatic carbocycles. The van der Waals surface area contributed by atoms with Crippen LogP contribution in [0.25, 0.3) is 22.2 Å². The van der Waals surface area contributed by atoms with E-state index in [1.807, 2.05) is 54.2 Å². The molecular weight excluding hydrogens is 341 g/mol. The lowest BCUT2D eigenvalue weighted by atomic mass is 10.1. The van der Waals surface area contributed by atoms with Gasteiger partial charge in [0.15, 0.2) is 0 Å². The quantitative estimate of drug-likeness (QED) is 0.678. The summed E-state index contributed by atoms with van der Waals surface area (Å²) in [5.74, 6) is -0.217. The molecule has 0 aliphatic heterocycles. The van der Waals surface area contributed by atoms with Crippen LogP contribution in [0.5, 0.6) is 0 Å². The Morgan fingerprint density at radius 3 is 2.52 bits per heavy atom. The number of benzene rings is 2. The molecule has 2 aromatic carbocycles. The van der Waals surface area contributed by atoms with Gasteiger partial charge in [0.25, 0.3) is 0 Å². The van der Waals surface area contributed by atoms with Gasteiger partial charge in [-0.15, -0.1) is 0 Å². The van der Waals surface area contributed by atoms with Gasteiger partial charge < -0.3 is 9.80 Å². The Morgan fingerprint density at radius 2 is 1.89 bits per heavy atom. The van der Waals surface area contributed by atoms with Gasteiger partial charge in [0.2, 0.25) is 5.91 Å². The minimum absolute atomic E-state index is 0.0626. The molecule has 0 spiro atoms. The van der Waals surface area contributed by atoms with Crippen molar-refractivity contribution in [2.75, 3.05) is 23.9 Å². The highest BCUT2D eigenvalue weighted by Gasteiger charge is 2.32. The van der Waals surface area contributed by atoms with E-state index in [9.17, 15) is 9.18 Å². The second-order valence-corrected chi connectivity index (χ2v) is 7.25. The van der Waals surface area contributed by atoms with Crippen molar-refractivity contribution in [3.05, 3.63) is 54.3 Å².